The summed E-state index contributed by atoms with van der Waals surface area (Å²) in [6.07, 6.45) is 3.57. The van der Waals surface area contributed by atoms with Crippen molar-refractivity contribution in [2.75, 3.05) is 6.61 Å². The van der Waals surface area contributed by atoms with Crippen molar-refractivity contribution in [3.8, 4) is 17.2 Å². The van der Waals surface area contributed by atoms with Gasteiger partial charge in [-0.3, -0.25) is 9.78 Å². The Morgan fingerprint density at radius 3 is 2.35 bits per heavy atom. The van der Waals surface area contributed by atoms with Gasteiger partial charge in [0.2, 0.25) is 0 Å². The molecule has 1 aromatic heterocycles. The highest BCUT2D eigenvalue weighted by molar-refractivity contribution is 5.94. The molecule has 3 aromatic rings. The summed E-state index contributed by atoms with van der Waals surface area (Å²) in [7, 11) is 0. The maximum atomic E-state index is 12.6. The molecule has 1 heterocycles. The minimum Gasteiger partial charge on any atom is -0.491 e. The largest absolute Gasteiger partial charge is 0.491 e. The molecule has 2 aromatic carbocycles. The lowest BCUT2D eigenvalue weighted by molar-refractivity contribution is 0.0950. The molecule has 31 heavy (non-hydrogen) atoms. The fourth-order valence-corrected chi connectivity index (χ4v) is 2.92. The van der Waals surface area contributed by atoms with Crippen LogP contribution in [0.25, 0.3) is 0 Å². The lowest BCUT2D eigenvalue weighted by Crippen LogP contribution is -2.22. The molecule has 0 saturated carbocycles. The highest BCUT2D eigenvalue weighted by atomic mass is 16.5. The second kappa shape index (κ2) is 11.0. The predicted molar refractivity (Wildman–Crippen MR) is 120 cm³/mol. The first kappa shape index (κ1) is 22.2. The van der Waals surface area contributed by atoms with Gasteiger partial charge in [0, 0.05) is 24.5 Å². The van der Waals surface area contributed by atoms with Gasteiger partial charge in [0.15, 0.2) is 11.5 Å². The number of ether oxygens (including phenoxy) is 3. The molecule has 0 aliphatic carbocycles. The number of nitrogens with zero attached hydrogens (tertiary/aromatic N) is 1. The van der Waals surface area contributed by atoms with Crippen molar-refractivity contribution >= 4 is 5.91 Å². The van der Waals surface area contributed by atoms with Crippen LogP contribution >= 0.6 is 0 Å². The summed E-state index contributed by atoms with van der Waals surface area (Å²) in [5.41, 5.74) is 2.51. The average molecular weight is 421 g/mol. The molecule has 0 unspecified atom stereocenters. The monoisotopic (exact) mass is 420 g/mol. The molecule has 0 saturated heterocycles. The van der Waals surface area contributed by atoms with E-state index in [-0.39, 0.29) is 12.0 Å². The molecule has 6 heteroatoms. The number of carbonyl (C=O) groups is 1. The van der Waals surface area contributed by atoms with Crippen LogP contribution in [0.3, 0.4) is 0 Å². The summed E-state index contributed by atoms with van der Waals surface area (Å²) in [6, 6.07) is 16.7. The fourth-order valence-electron chi connectivity index (χ4n) is 2.92. The second-order valence-electron chi connectivity index (χ2n) is 7.23. The van der Waals surface area contributed by atoms with Crippen LogP contribution in [0, 0.1) is 0 Å². The maximum absolute atomic E-state index is 12.6. The molecule has 1 N–H and O–H groups in total. The van der Waals surface area contributed by atoms with E-state index in [1.807, 2.05) is 57.2 Å². The van der Waals surface area contributed by atoms with E-state index in [0.29, 0.717) is 36.8 Å². The van der Waals surface area contributed by atoms with Crippen LogP contribution in [0.4, 0.5) is 0 Å². The van der Waals surface area contributed by atoms with Crippen LogP contribution in [0.1, 0.15) is 42.3 Å². The Labute approximate surface area is 183 Å². The van der Waals surface area contributed by atoms with E-state index in [2.05, 4.69) is 10.3 Å². The Morgan fingerprint density at radius 1 is 0.935 bits per heavy atom. The van der Waals surface area contributed by atoms with Crippen molar-refractivity contribution in [3.63, 3.8) is 0 Å². The quantitative estimate of drug-likeness (QED) is 0.511. The van der Waals surface area contributed by atoms with E-state index >= 15 is 0 Å². The third-order valence-corrected chi connectivity index (χ3v) is 4.40. The molecule has 3 rings (SSSR count). The van der Waals surface area contributed by atoms with Gasteiger partial charge in [0.1, 0.15) is 12.4 Å². The van der Waals surface area contributed by atoms with Gasteiger partial charge in [-0.15, -0.1) is 0 Å². The number of hydrogen-bond acceptors (Lipinski definition) is 5. The maximum Gasteiger partial charge on any atom is 0.251 e. The van der Waals surface area contributed by atoms with Gasteiger partial charge >= 0.3 is 0 Å². The summed E-state index contributed by atoms with van der Waals surface area (Å²) in [5, 5.41) is 2.94. The zero-order valence-corrected chi connectivity index (χ0v) is 18.1. The third kappa shape index (κ3) is 6.74. The zero-order valence-electron chi connectivity index (χ0n) is 18.1. The van der Waals surface area contributed by atoms with Gasteiger partial charge < -0.3 is 19.5 Å². The van der Waals surface area contributed by atoms with E-state index in [0.717, 1.165) is 16.9 Å². The summed E-state index contributed by atoms with van der Waals surface area (Å²) in [5.74, 6) is 1.77. The average Bonchev–Trinajstić information content (AvgIpc) is 2.78. The summed E-state index contributed by atoms with van der Waals surface area (Å²) >= 11 is 0. The van der Waals surface area contributed by atoms with Crippen molar-refractivity contribution in [3.05, 3.63) is 83.7 Å². The first-order chi connectivity index (χ1) is 15.0. The third-order valence-electron chi connectivity index (χ3n) is 4.40. The first-order valence-electron chi connectivity index (χ1n) is 10.4. The number of benzene rings is 2. The van der Waals surface area contributed by atoms with Crippen LogP contribution < -0.4 is 19.5 Å². The van der Waals surface area contributed by atoms with Crippen LogP contribution in [-0.4, -0.2) is 23.6 Å². The van der Waals surface area contributed by atoms with Gasteiger partial charge in [-0.05, 0) is 74.4 Å². The molecule has 0 aliphatic rings. The number of carbonyl (C=O) groups excluding carboxylic acids is 1. The summed E-state index contributed by atoms with van der Waals surface area (Å²) < 4.78 is 17.2. The van der Waals surface area contributed by atoms with Crippen molar-refractivity contribution < 1.29 is 19.0 Å². The Kier molecular flexibility index (Phi) is 7.87. The number of nitrogens with one attached hydrogen (secondary N) is 1. The molecule has 0 spiro atoms. The van der Waals surface area contributed by atoms with E-state index < -0.39 is 0 Å². The van der Waals surface area contributed by atoms with E-state index in [4.69, 9.17) is 14.2 Å². The minimum atomic E-state index is -0.177. The molecule has 0 bridgehead atoms. The number of hydrogen-bond donors (Lipinski definition) is 1. The summed E-state index contributed by atoms with van der Waals surface area (Å²) in [4.78, 5) is 16.6. The first-order valence-corrected chi connectivity index (χ1v) is 10.4. The Balaban J connectivity index is 1.61. The molecule has 0 atom stereocenters. The highest BCUT2D eigenvalue weighted by Crippen LogP contribution is 2.29. The van der Waals surface area contributed by atoms with Crippen molar-refractivity contribution in [2.45, 2.75) is 40.0 Å². The number of amides is 1. The van der Waals surface area contributed by atoms with Gasteiger partial charge in [0.05, 0.1) is 12.7 Å². The molecule has 0 radical (unpaired) electrons. The van der Waals surface area contributed by atoms with Crippen molar-refractivity contribution in [1.82, 2.24) is 10.3 Å². The van der Waals surface area contributed by atoms with Crippen LogP contribution in [0.2, 0.25) is 0 Å². The van der Waals surface area contributed by atoms with Gasteiger partial charge in [-0.2, -0.15) is 0 Å². The van der Waals surface area contributed by atoms with Crippen LogP contribution in [-0.2, 0) is 13.2 Å². The fraction of sp³-hybridized carbons (Fsp3) is 0.280. The van der Waals surface area contributed by atoms with Gasteiger partial charge in [-0.25, -0.2) is 0 Å². The van der Waals surface area contributed by atoms with E-state index in [9.17, 15) is 4.79 Å². The molecule has 1 amide bonds. The molecular weight excluding hydrogens is 392 g/mol. The SMILES string of the molecule is CCOc1cc(C(=O)NCc2ccc(OC(C)C)cc2)ccc1OCc1ccncc1. The van der Waals surface area contributed by atoms with Crippen molar-refractivity contribution in [1.29, 1.82) is 0 Å². The number of rotatable bonds is 10. The molecule has 6 nitrogen and oxygen atoms in total. The highest BCUT2D eigenvalue weighted by Gasteiger charge is 2.12. The van der Waals surface area contributed by atoms with E-state index in [1.165, 1.54) is 0 Å². The normalized spacial score (nSPS) is 10.6. The van der Waals surface area contributed by atoms with Gasteiger partial charge in [0.25, 0.3) is 5.91 Å². The predicted octanol–water partition coefficient (Wildman–Crippen LogP) is 4.78. The summed E-state index contributed by atoms with van der Waals surface area (Å²) in [6.45, 7) is 7.16. The molecular formula is C25H28N2O4. The lowest BCUT2D eigenvalue weighted by Gasteiger charge is -2.14. The Bertz CT molecular complexity index is 973. The number of pyridine rings is 1. The molecule has 0 aliphatic heterocycles. The standard InChI is InChI=1S/C25H28N2O4/c1-4-29-24-15-21(7-10-23(24)30-17-20-11-13-26-14-12-20)25(28)27-16-19-5-8-22(9-6-19)31-18(2)3/h5-15,18H,4,16-17H2,1-3H3,(H,27,28). The minimum absolute atomic E-state index is 0.127. The molecule has 162 valence electrons. The number of aromatic nitrogens is 1. The van der Waals surface area contributed by atoms with Gasteiger partial charge in [-0.1, -0.05) is 12.1 Å². The smallest absolute Gasteiger partial charge is 0.251 e. The molecule has 0 fully saturated rings. The Morgan fingerprint density at radius 2 is 1.68 bits per heavy atom. The van der Waals surface area contributed by atoms with Crippen molar-refractivity contribution in [2.24, 2.45) is 0 Å². The topological polar surface area (TPSA) is 69.7 Å². The van der Waals surface area contributed by atoms with Crippen LogP contribution in [0.15, 0.2) is 67.0 Å². The zero-order chi connectivity index (χ0) is 22.1. The van der Waals surface area contributed by atoms with Crippen LogP contribution in [0.5, 0.6) is 17.2 Å². The Hall–Kier alpha value is -3.54. The second-order valence-corrected chi connectivity index (χ2v) is 7.23. The van der Waals surface area contributed by atoms with E-state index in [1.54, 1.807) is 30.6 Å². The lowest BCUT2D eigenvalue weighted by atomic mass is 10.1.